The van der Waals surface area contributed by atoms with Gasteiger partial charge in [0.25, 0.3) is 0 Å². The molecule has 0 bridgehead atoms. The van der Waals surface area contributed by atoms with Crippen molar-refractivity contribution in [2.45, 2.75) is 26.5 Å². The summed E-state index contributed by atoms with van der Waals surface area (Å²) in [7, 11) is 0. The first kappa shape index (κ1) is 14.4. The van der Waals surface area contributed by atoms with Crippen molar-refractivity contribution in [3.8, 4) is 5.75 Å². The number of nitrogens with two attached hydrogens (primary N) is 1. The van der Waals surface area contributed by atoms with Crippen LogP contribution >= 0.6 is 23.2 Å². The minimum Gasteiger partial charge on any atom is -0.488 e. The van der Waals surface area contributed by atoms with E-state index in [1.54, 1.807) is 0 Å². The molecule has 0 atom stereocenters. The molecule has 0 spiro atoms. The first-order valence-electron chi connectivity index (χ1n) is 5.61. The molecule has 0 aromatic heterocycles. The van der Waals surface area contributed by atoms with Gasteiger partial charge in [0.05, 0.1) is 22.7 Å². The Labute approximate surface area is 113 Å². The molecule has 0 aliphatic rings. The van der Waals surface area contributed by atoms with Gasteiger partial charge >= 0.3 is 0 Å². The molecule has 1 aromatic rings. The second kappa shape index (κ2) is 6.90. The zero-order chi connectivity index (χ0) is 12.8. The highest BCUT2D eigenvalue weighted by Crippen LogP contribution is 2.34. The van der Waals surface area contributed by atoms with Gasteiger partial charge in [-0.2, -0.15) is 0 Å². The zero-order valence-corrected chi connectivity index (χ0v) is 11.7. The highest BCUT2D eigenvalue weighted by Gasteiger charge is 2.11. The van der Waals surface area contributed by atoms with E-state index >= 15 is 0 Å². The van der Waals surface area contributed by atoms with Gasteiger partial charge in [-0.15, -0.1) is 0 Å². The van der Waals surface area contributed by atoms with Crippen molar-refractivity contribution in [3.63, 3.8) is 0 Å². The maximum atomic E-state index is 6.15. The third-order valence-electron chi connectivity index (χ3n) is 2.12. The average molecular weight is 275 g/mol. The minimum atomic E-state index is 0.0585. The summed E-state index contributed by atoms with van der Waals surface area (Å²) in [6.07, 6.45) is 1.92. The molecule has 2 N–H and O–H groups in total. The Morgan fingerprint density at radius 2 is 1.94 bits per heavy atom. The van der Waals surface area contributed by atoms with Crippen LogP contribution in [0.1, 0.15) is 19.4 Å². The van der Waals surface area contributed by atoms with Crippen LogP contribution in [0, 0.1) is 0 Å². The Bertz CT molecular complexity index is 368. The number of benzene rings is 1. The van der Waals surface area contributed by atoms with Gasteiger partial charge in [-0.3, -0.25) is 0 Å². The Hall–Kier alpha value is -0.700. The molecule has 0 amide bonds. The lowest BCUT2D eigenvalue weighted by Gasteiger charge is -2.14. The van der Waals surface area contributed by atoms with Crippen molar-refractivity contribution < 1.29 is 10.1 Å². The third-order valence-corrected chi connectivity index (χ3v) is 2.69. The quantitative estimate of drug-likeness (QED) is 0.626. The molecular weight excluding hydrogens is 257 g/mol. The van der Waals surface area contributed by atoms with Gasteiger partial charge in [-0.1, -0.05) is 29.8 Å². The van der Waals surface area contributed by atoms with Crippen LogP contribution in [0.4, 0.5) is 0 Å². The number of halogens is 2. The fourth-order valence-corrected chi connectivity index (χ4v) is 2.07. The van der Waals surface area contributed by atoms with Gasteiger partial charge in [-0.05, 0) is 32.1 Å². The van der Waals surface area contributed by atoms with Gasteiger partial charge in [0, 0.05) is 5.56 Å². The van der Waals surface area contributed by atoms with Crippen molar-refractivity contribution in [2.75, 3.05) is 6.54 Å². The molecule has 0 heterocycles. The van der Waals surface area contributed by atoms with Crippen molar-refractivity contribution in [1.29, 1.82) is 0 Å². The summed E-state index contributed by atoms with van der Waals surface area (Å²) >= 11 is 12.3. The first-order chi connectivity index (χ1) is 8.04. The SMILES string of the molecule is C=CC[NH2+]Cc1cc(Cl)c(OC(C)C)c(Cl)c1. The summed E-state index contributed by atoms with van der Waals surface area (Å²) in [5, 5.41) is 3.25. The first-order valence-corrected chi connectivity index (χ1v) is 6.37. The second-order valence-corrected chi connectivity index (χ2v) is 4.89. The summed E-state index contributed by atoms with van der Waals surface area (Å²) in [5.74, 6) is 0.566. The standard InChI is InChI=1S/C13H17Cl2NO/c1-4-5-16-8-10-6-11(14)13(12(15)7-10)17-9(2)3/h4,6-7,9,16H,1,5,8H2,2-3H3/p+1. The number of rotatable bonds is 6. The van der Waals surface area contributed by atoms with Gasteiger partial charge < -0.3 is 10.1 Å². The molecule has 0 saturated heterocycles. The van der Waals surface area contributed by atoms with E-state index in [2.05, 4.69) is 11.9 Å². The monoisotopic (exact) mass is 274 g/mol. The molecule has 4 heteroatoms. The Morgan fingerprint density at radius 3 is 2.41 bits per heavy atom. The van der Waals surface area contributed by atoms with Crippen LogP contribution in [-0.4, -0.2) is 12.6 Å². The summed E-state index contributed by atoms with van der Waals surface area (Å²) in [5.41, 5.74) is 1.08. The smallest absolute Gasteiger partial charge is 0.156 e. The Morgan fingerprint density at radius 1 is 1.35 bits per heavy atom. The Kier molecular flexibility index (Phi) is 5.83. The molecule has 94 valence electrons. The largest absolute Gasteiger partial charge is 0.488 e. The number of quaternary nitrogens is 1. The lowest BCUT2D eigenvalue weighted by atomic mass is 10.2. The lowest BCUT2D eigenvalue weighted by molar-refractivity contribution is -0.662. The molecule has 1 aromatic carbocycles. The summed E-state index contributed by atoms with van der Waals surface area (Å²) < 4.78 is 5.57. The van der Waals surface area contributed by atoms with E-state index in [9.17, 15) is 0 Å². The van der Waals surface area contributed by atoms with Crippen LogP contribution in [0.25, 0.3) is 0 Å². The predicted octanol–water partition coefficient (Wildman–Crippen LogP) is 3.03. The number of hydrogen-bond acceptors (Lipinski definition) is 1. The summed E-state index contributed by atoms with van der Waals surface area (Å²) in [6, 6.07) is 3.79. The minimum absolute atomic E-state index is 0.0585. The molecule has 0 unspecified atom stereocenters. The van der Waals surface area contributed by atoms with Crippen LogP contribution in [0.5, 0.6) is 5.75 Å². The van der Waals surface area contributed by atoms with E-state index in [0.717, 1.165) is 18.7 Å². The molecule has 2 nitrogen and oxygen atoms in total. The van der Waals surface area contributed by atoms with E-state index in [4.69, 9.17) is 27.9 Å². The van der Waals surface area contributed by atoms with Crippen molar-refractivity contribution in [2.24, 2.45) is 0 Å². The van der Waals surface area contributed by atoms with Crippen molar-refractivity contribution in [1.82, 2.24) is 0 Å². The molecular formula is C13H18Cl2NO+. The number of ether oxygens (including phenoxy) is 1. The number of hydrogen-bond donors (Lipinski definition) is 1. The second-order valence-electron chi connectivity index (χ2n) is 4.07. The van der Waals surface area contributed by atoms with Crippen LogP contribution in [0.2, 0.25) is 10.0 Å². The van der Waals surface area contributed by atoms with E-state index in [1.807, 2.05) is 32.1 Å². The zero-order valence-electron chi connectivity index (χ0n) is 10.2. The molecule has 1 rings (SSSR count). The van der Waals surface area contributed by atoms with E-state index < -0.39 is 0 Å². The van der Waals surface area contributed by atoms with Crippen LogP contribution in [0.3, 0.4) is 0 Å². The maximum absolute atomic E-state index is 6.15. The van der Waals surface area contributed by atoms with Gasteiger partial charge in [-0.25, -0.2) is 0 Å². The van der Waals surface area contributed by atoms with E-state index in [0.29, 0.717) is 15.8 Å². The van der Waals surface area contributed by atoms with Crippen LogP contribution in [-0.2, 0) is 6.54 Å². The molecule has 0 saturated carbocycles. The highest BCUT2D eigenvalue weighted by molar-refractivity contribution is 6.37. The average Bonchev–Trinajstić information content (AvgIpc) is 2.24. The molecule has 0 fully saturated rings. The van der Waals surface area contributed by atoms with Crippen molar-refractivity contribution >= 4 is 23.2 Å². The normalized spacial score (nSPS) is 10.6. The van der Waals surface area contributed by atoms with Crippen LogP contribution < -0.4 is 10.1 Å². The molecule has 0 aliphatic heterocycles. The summed E-state index contributed by atoms with van der Waals surface area (Å²) in [6.45, 7) is 9.26. The maximum Gasteiger partial charge on any atom is 0.156 e. The van der Waals surface area contributed by atoms with E-state index in [1.165, 1.54) is 0 Å². The lowest BCUT2D eigenvalue weighted by Crippen LogP contribution is -2.82. The van der Waals surface area contributed by atoms with Gasteiger partial charge in [0.1, 0.15) is 6.54 Å². The highest BCUT2D eigenvalue weighted by atomic mass is 35.5. The van der Waals surface area contributed by atoms with E-state index in [-0.39, 0.29) is 6.10 Å². The molecule has 0 radical (unpaired) electrons. The van der Waals surface area contributed by atoms with Gasteiger partial charge in [0.15, 0.2) is 5.75 Å². The Balaban J connectivity index is 2.81. The summed E-state index contributed by atoms with van der Waals surface area (Å²) in [4.78, 5) is 0. The fourth-order valence-electron chi connectivity index (χ4n) is 1.45. The third kappa shape index (κ3) is 4.58. The van der Waals surface area contributed by atoms with Crippen molar-refractivity contribution in [3.05, 3.63) is 40.4 Å². The molecule has 17 heavy (non-hydrogen) atoms. The predicted molar refractivity (Wildman–Crippen MR) is 72.9 cm³/mol. The fraction of sp³-hybridized carbons (Fsp3) is 0.385. The van der Waals surface area contributed by atoms with Gasteiger partial charge in [0.2, 0.25) is 0 Å². The molecule has 0 aliphatic carbocycles. The van der Waals surface area contributed by atoms with Crippen LogP contribution in [0.15, 0.2) is 24.8 Å². The topological polar surface area (TPSA) is 25.8 Å².